The molecule has 1 fully saturated rings. The Hall–Kier alpha value is -3.45. The molecule has 1 saturated heterocycles. The molecule has 2 aromatic carbocycles. The Morgan fingerprint density at radius 2 is 1.78 bits per heavy atom. The highest BCUT2D eigenvalue weighted by molar-refractivity contribution is 6.30. The molecule has 1 unspecified atom stereocenters. The second-order valence-electron chi connectivity index (χ2n) is 9.91. The molecule has 0 bridgehead atoms. The van der Waals surface area contributed by atoms with Gasteiger partial charge in [0, 0.05) is 55.4 Å². The number of rotatable bonds is 6. The number of likely N-dealkylation sites (tertiary alicyclic amines) is 1. The fourth-order valence-electron chi connectivity index (χ4n) is 4.54. The van der Waals surface area contributed by atoms with Crippen LogP contribution >= 0.6 is 11.6 Å². The van der Waals surface area contributed by atoms with Crippen LogP contribution in [0.2, 0.25) is 5.02 Å². The van der Waals surface area contributed by atoms with E-state index in [1.165, 1.54) is 0 Å². The summed E-state index contributed by atoms with van der Waals surface area (Å²) in [6.45, 7) is 4.68. The molecule has 0 spiro atoms. The minimum atomic E-state index is -1.05. The van der Waals surface area contributed by atoms with Crippen molar-refractivity contribution in [2.24, 2.45) is 0 Å². The third-order valence-electron chi connectivity index (χ3n) is 6.45. The fourth-order valence-corrected chi connectivity index (χ4v) is 4.67. The first-order valence-electron chi connectivity index (χ1n) is 12.1. The average molecular weight is 506 g/mol. The second kappa shape index (κ2) is 10.7. The van der Waals surface area contributed by atoms with Gasteiger partial charge in [-0.25, -0.2) is 9.97 Å². The number of piperidine rings is 1. The fraction of sp³-hybridized carbons (Fsp3) is 0.357. The molecule has 36 heavy (non-hydrogen) atoms. The van der Waals surface area contributed by atoms with Crippen molar-refractivity contribution in [3.8, 4) is 11.1 Å². The number of anilines is 1. The molecule has 7 nitrogen and oxygen atoms in total. The van der Waals surface area contributed by atoms with Gasteiger partial charge in [0.2, 0.25) is 11.9 Å². The lowest BCUT2D eigenvalue weighted by Crippen LogP contribution is -2.57. The zero-order chi connectivity index (χ0) is 25.9. The maximum absolute atomic E-state index is 13.6. The largest absolute Gasteiger partial charge is 0.347 e. The Bertz CT molecular complexity index is 1230. The molecule has 1 aliphatic heterocycles. The molecule has 1 aliphatic rings. The summed E-state index contributed by atoms with van der Waals surface area (Å²) < 4.78 is 0. The Balaban J connectivity index is 1.58. The van der Waals surface area contributed by atoms with Crippen molar-refractivity contribution >= 4 is 29.4 Å². The number of halogens is 1. The summed E-state index contributed by atoms with van der Waals surface area (Å²) in [4.78, 5) is 39.5. The molecule has 1 N–H and O–H groups in total. The van der Waals surface area contributed by atoms with Crippen molar-refractivity contribution in [1.29, 1.82) is 0 Å². The van der Waals surface area contributed by atoms with Gasteiger partial charge in [-0.3, -0.25) is 9.59 Å². The molecular weight excluding hydrogens is 474 g/mol. The molecule has 4 rings (SSSR count). The van der Waals surface area contributed by atoms with Crippen molar-refractivity contribution in [3.63, 3.8) is 0 Å². The molecule has 188 valence electrons. The first-order valence-corrected chi connectivity index (χ1v) is 12.5. The average Bonchev–Trinajstić information content (AvgIpc) is 2.88. The lowest BCUT2D eigenvalue weighted by Gasteiger charge is -2.38. The van der Waals surface area contributed by atoms with E-state index in [1.54, 1.807) is 38.1 Å². The third-order valence-corrected chi connectivity index (χ3v) is 6.70. The van der Waals surface area contributed by atoms with E-state index in [4.69, 9.17) is 16.6 Å². The van der Waals surface area contributed by atoms with Gasteiger partial charge in [-0.15, -0.1) is 0 Å². The maximum Gasteiger partial charge on any atom is 0.252 e. The standard InChI is InChI=1S/C28H32ClN5O2/c1-28(2,32-25(35)20-9-6-5-7-10-20)26(36)34-16-8-11-21(18-34)24-23(17-30-27(31-24)33(3)4)19-12-14-22(29)15-13-19/h5-7,9-10,12-15,17,21H,8,11,16,18H2,1-4H3,(H,32,35). The predicted octanol–water partition coefficient (Wildman–Crippen LogP) is 4.78. The Morgan fingerprint density at radius 3 is 2.44 bits per heavy atom. The highest BCUT2D eigenvalue weighted by atomic mass is 35.5. The summed E-state index contributed by atoms with van der Waals surface area (Å²) in [5.74, 6) is 0.294. The number of hydrogen-bond acceptors (Lipinski definition) is 5. The molecule has 0 radical (unpaired) electrons. The minimum absolute atomic E-state index is 0.0377. The van der Waals surface area contributed by atoms with Gasteiger partial charge in [-0.2, -0.15) is 0 Å². The van der Waals surface area contributed by atoms with E-state index >= 15 is 0 Å². The molecular formula is C28H32ClN5O2. The molecule has 2 heterocycles. The van der Waals surface area contributed by atoms with Crippen molar-refractivity contribution < 1.29 is 9.59 Å². The van der Waals surface area contributed by atoms with Crippen molar-refractivity contribution in [2.75, 3.05) is 32.1 Å². The smallest absolute Gasteiger partial charge is 0.252 e. The van der Waals surface area contributed by atoms with Crippen LogP contribution in [0.15, 0.2) is 60.8 Å². The Kier molecular flexibility index (Phi) is 7.59. The molecule has 1 aromatic heterocycles. The van der Waals surface area contributed by atoms with Gasteiger partial charge >= 0.3 is 0 Å². The third kappa shape index (κ3) is 5.68. The molecule has 0 saturated carbocycles. The van der Waals surface area contributed by atoms with Crippen LogP contribution in [-0.4, -0.2) is 59.4 Å². The first-order chi connectivity index (χ1) is 17.2. The highest BCUT2D eigenvalue weighted by Gasteiger charge is 2.37. The summed E-state index contributed by atoms with van der Waals surface area (Å²) in [5.41, 5.74) is 2.32. The van der Waals surface area contributed by atoms with Crippen LogP contribution in [0.5, 0.6) is 0 Å². The van der Waals surface area contributed by atoms with Gasteiger partial charge < -0.3 is 15.1 Å². The van der Waals surface area contributed by atoms with Crippen LogP contribution in [0, 0.1) is 0 Å². The van der Waals surface area contributed by atoms with Crippen LogP contribution in [0.4, 0.5) is 5.95 Å². The molecule has 0 aliphatic carbocycles. The molecule has 8 heteroatoms. The minimum Gasteiger partial charge on any atom is -0.347 e. The number of benzene rings is 2. The Labute approximate surface area is 217 Å². The van der Waals surface area contributed by atoms with E-state index in [-0.39, 0.29) is 17.7 Å². The first kappa shape index (κ1) is 25.6. The number of carbonyl (C=O) groups is 2. The van der Waals surface area contributed by atoms with Crippen molar-refractivity contribution in [1.82, 2.24) is 20.2 Å². The van der Waals surface area contributed by atoms with Gasteiger partial charge in [0.25, 0.3) is 5.91 Å². The lowest BCUT2D eigenvalue weighted by molar-refractivity contribution is -0.138. The van der Waals surface area contributed by atoms with Gasteiger partial charge in [-0.1, -0.05) is 41.9 Å². The number of amides is 2. The summed E-state index contributed by atoms with van der Waals surface area (Å²) in [5, 5.41) is 3.58. The maximum atomic E-state index is 13.6. The summed E-state index contributed by atoms with van der Waals surface area (Å²) in [7, 11) is 3.82. The van der Waals surface area contributed by atoms with Crippen LogP contribution in [-0.2, 0) is 4.79 Å². The number of carbonyl (C=O) groups excluding carboxylic acids is 2. The van der Waals surface area contributed by atoms with Gasteiger partial charge in [0.15, 0.2) is 0 Å². The van der Waals surface area contributed by atoms with Crippen molar-refractivity contribution in [3.05, 3.63) is 77.1 Å². The SMILES string of the molecule is CN(C)c1ncc(-c2ccc(Cl)cc2)c(C2CCCN(C(=O)C(C)(C)NC(=O)c3ccccc3)C2)n1. The summed E-state index contributed by atoms with van der Waals surface area (Å²) in [6, 6.07) is 16.6. The zero-order valence-electron chi connectivity index (χ0n) is 21.2. The van der Waals surface area contributed by atoms with Crippen LogP contribution in [0.1, 0.15) is 48.7 Å². The number of hydrogen-bond donors (Lipinski definition) is 1. The van der Waals surface area contributed by atoms with E-state index < -0.39 is 5.54 Å². The topological polar surface area (TPSA) is 78.4 Å². The quantitative estimate of drug-likeness (QED) is 0.521. The van der Waals surface area contributed by atoms with E-state index in [9.17, 15) is 9.59 Å². The van der Waals surface area contributed by atoms with E-state index in [0.717, 1.165) is 29.7 Å². The van der Waals surface area contributed by atoms with Crippen LogP contribution in [0.25, 0.3) is 11.1 Å². The monoisotopic (exact) mass is 505 g/mol. The molecule has 2 amide bonds. The highest BCUT2D eigenvalue weighted by Crippen LogP contribution is 2.35. The van der Waals surface area contributed by atoms with Gasteiger partial charge in [0.05, 0.1) is 5.69 Å². The number of aromatic nitrogens is 2. The van der Waals surface area contributed by atoms with E-state index in [1.807, 2.05) is 60.4 Å². The van der Waals surface area contributed by atoms with E-state index in [0.29, 0.717) is 29.6 Å². The number of nitrogens with zero attached hydrogens (tertiary/aromatic N) is 4. The van der Waals surface area contributed by atoms with Gasteiger partial charge in [0.1, 0.15) is 5.54 Å². The second-order valence-corrected chi connectivity index (χ2v) is 10.3. The van der Waals surface area contributed by atoms with Crippen molar-refractivity contribution in [2.45, 2.75) is 38.1 Å². The molecule has 3 aromatic rings. The van der Waals surface area contributed by atoms with Crippen LogP contribution in [0.3, 0.4) is 0 Å². The normalized spacial score (nSPS) is 15.9. The predicted molar refractivity (Wildman–Crippen MR) is 143 cm³/mol. The van der Waals surface area contributed by atoms with Gasteiger partial charge in [-0.05, 0) is 56.5 Å². The van der Waals surface area contributed by atoms with E-state index in [2.05, 4.69) is 10.3 Å². The lowest BCUT2D eigenvalue weighted by atomic mass is 9.89. The van der Waals surface area contributed by atoms with Crippen LogP contribution < -0.4 is 10.2 Å². The summed E-state index contributed by atoms with van der Waals surface area (Å²) in [6.07, 6.45) is 3.61. The number of nitrogens with one attached hydrogen (secondary N) is 1. The zero-order valence-corrected chi connectivity index (χ0v) is 21.9. The Morgan fingerprint density at radius 1 is 1.08 bits per heavy atom. The summed E-state index contributed by atoms with van der Waals surface area (Å²) >= 11 is 6.11. The molecule has 1 atom stereocenters.